The van der Waals surface area contributed by atoms with Crippen LogP contribution in [0, 0.1) is 0 Å². The molecule has 1 atom stereocenters. The van der Waals surface area contributed by atoms with Crippen molar-refractivity contribution >= 4 is 10.8 Å². The van der Waals surface area contributed by atoms with Crippen molar-refractivity contribution < 1.29 is 9.84 Å². The van der Waals surface area contributed by atoms with Crippen molar-refractivity contribution in [2.75, 3.05) is 7.11 Å². The third kappa shape index (κ3) is 2.36. The largest absolute Gasteiger partial charge is 0.385 e. The van der Waals surface area contributed by atoms with Gasteiger partial charge in [-0.25, -0.2) is 0 Å². The monoisotopic (exact) mass is 259 g/mol. The molecule has 0 fully saturated rings. The van der Waals surface area contributed by atoms with Gasteiger partial charge in [-0.1, -0.05) is 38.1 Å². The SMILES string of the molecule is CCC(CC)(OC)C(O)c1cncc2ccccc12. The Bertz CT molecular complexity index is 536. The first kappa shape index (κ1) is 14.0. The lowest BCUT2D eigenvalue weighted by molar-refractivity contribution is -0.109. The second-order valence-corrected chi connectivity index (χ2v) is 4.83. The Morgan fingerprint density at radius 3 is 2.53 bits per heavy atom. The summed E-state index contributed by atoms with van der Waals surface area (Å²) in [6.45, 7) is 4.07. The third-order valence-electron chi connectivity index (χ3n) is 4.10. The van der Waals surface area contributed by atoms with Gasteiger partial charge in [-0.05, 0) is 18.2 Å². The van der Waals surface area contributed by atoms with E-state index < -0.39 is 11.7 Å². The van der Waals surface area contributed by atoms with Crippen LogP contribution < -0.4 is 0 Å². The maximum Gasteiger partial charge on any atom is 0.110 e. The maximum absolute atomic E-state index is 10.8. The summed E-state index contributed by atoms with van der Waals surface area (Å²) in [5.74, 6) is 0. The number of ether oxygens (including phenoxy) is 1. The molecule has 0 amide bonds. The highest BCUT2D eigenvalue weighted by Crippen LogP contribution is 2.37. The Hall–Kier alpha value is -1.45. The van der Waals surface area contributed by atoms with E-state index in [-0.39, 0.29) is 0 Å². The molecule has 1 N–H and O–H groups in total. The maximum atomic E-state index is 10.8. The third-order valence-corrected chi connectivity index (χ3v) is 4.10. The molecule has 0 bridgehead atoms. The quantitative estimate of drug-likeness (QED) is 0.894. The highest BCUT2D eigenvalue weighted by Gasteiger charge is 2.36. The fourth-order valence-electron chi connectivity index (χ4n) is 2.68. The van der Waals surface area contributed by atoms with Crippen molar-refractivity contribution in [1.82, 2.24) is 4.98 Å². The number of fused-ring (bicyclic) bond motifs is 1. The molecule has 3 nitrogen and oxygen atoms in total. The van der Waals surface area contributed by atoms with E-state index in [4.69, 9.17) is 4.74 Å². The van der Waals surface area contributed by atoms with Gasteiger partial charge in [0, 0.05) is 30.5 Å². The normalized spacial score (nSPS) is 13.7. The van der Waals surface area contributed by atoms with Gasteiger partial charge in [-0.15, -0.1) is 0 Å². The molecular weight excluding hydrogens is 238 g/mol. The van der Waals surface area contributed by atoms with Crippen LogP contribution in [0.25, 0.3) is 10.8 Å². The minimum absolute atomic E-state index is 0.550. The summed E-state index contributed by atoms with van der Waals surface area (Å²) in [5.41, 5.74) is 0.287. The number of aromatic nitrogens is 1. The van der Waals surface area contributed by atoms with Crippen molar-refractivity contribution in [3.8, 4) is 0 Å². The van der Waals surface area contributed by atoms with Crippen LogP contribution >= 0.6 is 0 Å². The molecule has 0 aliphatic heterocycles. The van der Waals surface area contributed by atoms with Crippen molar-refractivity contribution in [3.63, 3.8) is 0 Å². The average molecular weight is 259 g/mol. The minimum Gasteiger partial charge on any atom is -0.385 e. The molecule has 2 rings (SSSR count). The van der Waals surface area contributed by atoms with Crippen LogP contribution in [0.3, 0.4) is 0 Å². The smallest absolute Gasteiger partial charge is 0.110 e. The molecule has 0 aliphatic carbocycles. The Labute approximate surface area is 114 Å². The van der Waals surface area contributed by atoms with Gasteiger partial charge >= 0.3 is 0 Å². The summed E-state index contributed by atoms with van der Waals surface area (Å²) < 4.78 is 5.62. The van der Waals surface area contributed by atoms with Crippen molar-refractivity contribution in [3.05, 3.63) is 42.2 Å². The Kier molecular flexibility index (Phi) is 4.17. The van der Waals surface area contributed by atoms with Crippen LogP contribution in [0.1, 0.15) is 38.4 Å². The molecule has 0 aliphatic rings. The number of pyridine rings is 1. The van der Waals surface area contributed by atoms with Gasteiger partial charge in [0.25, 0.3) is 0 Å². The topological polar surface area (TPSA) is 42.4 Å². The number of methoxy groups -OCH3 is 1. The van der Waals surface area contributed by atoms with E-state index in [1.165, 1.54) is 0 Å². The van der Waals surface area contributed by atoms with Crippen LogP contribution in [0.2, 0.25) is 0 Å². The lowest BCUT2D eigenvalue weighted by atomic mass is 9.85. The van der Waals surface area contributed by atoms with Gasteiger partial charge in [0.1, 0.15) is 6.10 Å². The van der Waals surface area contributed by atoms with Gasteiger partial charge < -0.3 is 9.84 Å². The summed E-state index contributed by atoms with van der Waals surface area (Å²) >= 11 is 0. The number of aliphatic hydroxyl groups excluding tert-OH is 1. The zero-order valence-electron chi connectivity index (χ0n) is 11.8. The lowest BCUT2D eigenvalue weighted by Crippen LogP contribution is -2.37. The van der Waals surface area contributed by atoms with Gasteiger partial charge in [0.05, 0.1) is 5.60 Å². The highest BCUT2D eigenvalue weighted by atomic mass is 16.5. The molecule has 0 radical (unpaired) electrons. The summed E-state index contributed by atoms with van der Waals surface area (Å²) in [4.78, 5) is 4.23. The highest BCUT2D eigenvalue weighted by molar-refractivity contribution is 5.85. The standard InChI is InChI=1S/C16H21NO2/c1-4-16(5-2,19-3)15(18)14-11-17-10-12-8-6-7-9-13(12)14/h6-11,15,18H,4-5H2,1-3H3. The second kappa shape index (κ2) is 5.68. The van der Waals surface area contributed by atoms with E-state index in [9.17, 15) is 5.11 Å². The molecule has 1 unspecified atom stereocenters. The van der Waals surface area contributed by atoms with Gasteiger partial charge in [0.15, 0.2) is 0 Å². The summed E-state index contributed by atoms with van der Waals surface area (Å²) in [7, 11) is 1.66. The van der Waals surface area contributed by atoms with Gasteiger partial charge in [-0.2, -0.15) is 0 Å². The second-order valence-electron chi connectivity index (χ2n) is 4.83. The first-order valence-corrected chi connectivity index (χ1v) is 6.74. The van der Waals surface area contributed by atoms with E-state index in [1.54, 1.807) is 13.3 Å². The molecule has 0 saturated heterocycles. The molecule has 0 spiro atoms. The number of aliphatic hydroxyl groups is 1. The molecule has 1 aromatic heterocycles. The van der Waals surface area contributed by atoms with E-state index in [0.29, 0.717) is 0 Å². The van der Waals surface area contributed by atoms with Crippen molar-refractivity contribution in [2.24, 2.45) is 0 Å². The first-order chi connectivity index (χ1) is 9.18. The minimum atomic E-state index is -0.675. The van der Waals surface area contributed by atoms with Crippen LogP contribution in [0.15, 0.2) is 36.7 Å². The lowest BCUT2D eigenvalue weighted by Gasteiger charge is -2.35. The fourth-order valence-corrected chi connectivity index (χ4v) is 2.68. The van der Waals surface area contributed by atoms with Crippen molar-refractivity contribution in [1.29, 1.82) is 0 Å². The van der Waals surface area contributed by atoms with Crippen LogP contribution in [-0.2, 0) is 4.74 Å². The number of hydrogen-bond acceptors (Lipinski definition) is 3. The van der Waals surface area contributed by atoms with E-state index in [1.807, 2.05) is 44.3 Å². The summed E-state index contributed by atoms with van der Waals surface area (Å²) in [6, 6.07) is 7.97. The molecule has 1 aromatic carbocycles. The van der Waals surface area contributed by atoms with Crippen LogP contribution in [0.4, 0.5) is 0 Å². The van der Waals surface area contributed by atoms with Crippen LogP contribution in [-0.4, -0.2) is 22.8 Å². The Morgan fingerprint density at radius 2 is 1.89 bits per heavy atom. The summed E-state index contributed by atoms with van der Waals surface area (Å²) in [6.07, 6.45) is 4.39. The van der Waals surface area contributed by atoms with E-state index in [2.05, 4.69) is 4.98 Å². The predicted octanol–water partition coefficient (Wildman–Crippen LogP) is 3.47. The number of nitrogens with zero attached hydrogens (tertiary/aromatic N) is 1. The fraction of sp³-hybridized carbons (Fsp3) is 0.438. The van der Waals surface area contributed by atoms with Gasteiger partial charge in [0.2, 0.25) is 0 Å². The van der Waals surface area contributed by atoms with Crippen LogP contribution in [0.5, 0.6) is 0 Å². The zero-order chi connectivity index (χ0) is 13.9. The molecule has 0 saturated carbocycles. The molecule has 19 heavy (non-hydrogen) atoms. The predicted molar refractivity (Wildman–Crippen MR) is 77.0 cm³/mol. The van der Waals surface area contributed by atoms with E-state index in [0.717, 1.165) is 29.2 Å². The zero-order valence-corrected chi connectivity index (χ0v) is 11.8. The number of rotatable bonds is 5. The van der Waals surface area contributed by atoms with E-state index >= 15 is 0 Å². The number of hydrogen-bond donors (Lipinski definition) is 1. The Balaban J connectivity index is 2.55. The molecule has 1 heterocycles. The summed E-state index contributed by atoms with van der Waals surface area (Å²) in [5, 5.41) is 12.8. The Morgan fingerprint density at radius 1 is 1.21 bits per heavy atom. The average Bonchev–Trinajstić information content (AvgIpc) is 2.49. The number of benzene rings is 1. The van der Waals surface area contributed by atoms with Crippen molar-refractivity contribution in [2.45, 2.75) is 38.4 Å². The first-order valence-electron chi connectivity index (χ1n) is 6.74. The molecule has 3 heteroatoms. The molecular formula is C16H21NO2. The van der Waals surface area contributed by atoms with Gasteiger partial charge in [-0.3, -0.25) is 4.98 Å². The molecule has 2 aromatic rings. The molecule has 102 valence electrons.